The predicted octanol–water partition coefficient (Wildman–Crippen LogP) is 2.64. The number of nitrogens with one attached hydrogen (secondary N) is 1. The van der Waals surface area contributed by atoms with Gasteiger partial charge in [-0.25, -0.2) is 0 Å². The Morgan fingerprint density at radius 1 is 1.36 bits per heavy atom. The summed E-state index contributed by atoms with van der Waals surface area (Å²) in [5, 5.41) is 3.35. The number of benzene rings is 1. The minimum atomic E-state index is -0.441. The van der Waals surface area contributed by atoms with Gasteiger partial charge in [0.1, 0.15) is 6.04 Å². The van der Waals surface area contributed by atoms with Crippen molar-refractivity contribution in [3.05, 3.63) is 35.9 Å². The van der Waals surface area contributed by atoms with Crippen molar-refractivity contribution in [3.63, 3.8) is 0 Å². The fraction of sp³-hybridized carbons (Fsp3) is 0.611. The monoisotopic (exact) mass is 304 g/mol. The van der Waals surface area contributed by atoms with Crippen LogP contribution >= 0.6 is 0 Å². The molecule has 1 amide bonds. The van der Waals surface area contributed by atoms with Gasteiger partial charge in [-0.05, 0) is 29.7 Å². The highest BCUT2D eigenvalue weighted by Gasteiger charge is 2.35. The molecule has 1 aliphatic rings. The molecule has 1 heterocycles. The lowest BCUT2D eigenvalue weighted by Crippen LogP contribution is -2.46. The molecule has 0 aromatic heterocycles. The summed E-state index contributed by atoms with van der Waals surface area (Å²) < 4.78 is 6.00. The summed E-state index contributed by atoms with van der Waals surface area (Å²) in [5.41, 5.74) is 6.59. The van der Waals surface area contributed by atoms with Crippen LogP contribution in [0.5, 0.6) is 0 Å². The second kappa shape index (κ2) is 7.25. The zero-order chi connectivity index (χ0) is 16.2. The van der Waals surface area contributed by atoms with Gasteiger partial charge in [0.2, 0.25) is 5.91 Å². The van der Waals surface area contributed by atoms with Crippen molar-refractivity contribution in [1.82, 2.24) is 5.32 Å². The molecular weight excluding hydrogens is 276 g/mol. The second-order valence-electron chi connectivity index (χ2n) is 7.21. The van der Waals surface area contributed by atoms with E-state index in [9.17, 15) is 4.79 Å². The Labute approximate surface area is 133 Å². The Balaban J connectivity index is 2.04. The minimum absolute atomic E-state index is 0.0989. The first kappa shape index (κ1) is 17.0. The topological polar surface area (TPSA) is 64.3 Å². The smallest absolute Gasteiger partial charge is 0.239 e. The number of carbonyl (C=O) groups excluding carboxylic acids is 1. The lowest BCUT2D eigenvalue weighted by molar-refractivity contribution is -0.120. The number of carbonyl (C=O) groups is 1. The summed E-state index contributed by atoms with van der Waals surface area (Å²) in [5.74, 6) is 0.0644. The Bertz CT molecular complexity index is 482. The molecule has 3 atom stereocenters. The van der Waals surface area contributed by atoms with E-state index in [1.807, 2.05) is 30.3 Å². The van der Waals surface area contributed by atoms with Crippen LogP contribution in [0, 0.1) is 11.3 Å². The molecule has 122 valence electrons. The van der Waals surface area contributed by atoms with E-state index in [0.29, 0.717) is 5.92 Å². The molecule has 1 saturated heterocycles. The lowest BCUT2D eigenvalue weighted by Gasteiger charge is -2.40. The third-order valence-corrected chi connectivity index (χ3v) is 4.30. The van der Waals surface area contributed by atoms with Crippen LogP contribution in [0.4, 0.5) is 0 Å². The molecule has 2 rings (SSSR count). The van der Waals surface area contributed by atoms with Gasteiger partial charge in [-0.2, -0.15) is 0 Å². The van der Waals surface area contributed by atoms with Crippen molar-refractivity contribution >= 4 is 5.91 Å². The van der Waals surface area contributed by atoms with Crippen LogP contribution in [0.15, 0.2) is 30.3 Å². The largest absolute Gasteiger partial charge is 0.377 e. The number of rotatable bonds is 5. The lowest BCUT2D eigenvalue weighted by atomic mass is 9.78. The van der Waals surface area contributed by atoms with Crippen molar-refractivity contribution in [2.45, 2.75) is 45.8 Å². The predicted molar refractivity (Wildman–Crippen MR) is 88.3 cm³/mol. The first-order chi connectivity index (χ1) is 10.4. The van der Waals surface area contributed by atoms with Crippen molar-refractivity contribution in [1.29, 1.82) is 0 Å². The normalized spacial score (nSPS) is 24.0. The molecule has 3 N–H and O–H groups in total. The fourth-order valence-electron chi connectivity index (χ4n) is 3.31. The third kappa shape index (κ3) is 4.31. The van der Waals surface area contributed by atoms with Gasteiger partial charge in [-0.15, -0.1) is 0 Å². The van der Waals surface area contributed by atoms with Crippen LogP contribution in [0.3, 0.4) is 0 Å². The average Bonchev–Trinajstić information content (AvgIpc) is 2.47. The Kier molecular flexibility index (Phi) is 5.59. The zero-order valence-electron chi connectivity index (χ0n) is 13.8. The highest BCUT2D eigenvalue weighted by atomic mass is 16.5. The number of hydrogen-bond donors (Lipinski definition) is 2. The Hall–Kier alpha value is -1.39. The first-order valence-electron chi connectivity index (χ1n) is 8.09. The van der Waals surface area contributed by atoms with Crippen molar-refractivity contribution in [3.8, 4) is 0 Å². The quantitative estimate of drug-likeness (QED) is 0.879. The van der Waals surface area contributed by atoms with Crippen LogP contribution in [0.25, 0.3) is 0 Å². The molecule has 1 aromatic rings. The second-order valence-corrected chi connectivity index (χ2v) is 7.21. The van der Waals surface area contributed by atoms with E-state index in [-0.39, 0.29) is 17.4 Å². The molecule has 22 heavy (non-hydrogen) atoms. The average molecular weight is 304 g/mol. The van der Waals surface area contributed by atoms with Gasteiger partial charge in [0.05, 0.1) is 6.10 Å². The summed E-state index contributed by atoms with van der Waals surface area (Å²) in [7, 11) is 0. The Morgan fingerprint density at radius 3 is 2.64 bits per heavy atom. The van der Waals surface area contributed by atoms with Crippen LogP contribution in [-0.2, 0) is 9.53 Å². The molecule has 4 heteroatoms. The van der Waals surface area contributed by atoms with Crippen LogP contribution < -0.4 is 11.1 Å². The maximum absolute atomic E-state index is 11.8. The molecule has 0 spiro atoms. The summed E-state index contributed by atoms with van der Waals surface area (Å²) >= 11 is 0. The number of nitrogens with two attached hydrogens (primary N) is 1. The van der Waals surface area contributed by atoms with Gasteiger partial charge in [0.15, 0.2) is 0 Å². The number of hydrogen-bond acceptors (Lipinski definition) is 3. The van der Waals surface area contributed by atoms with E-state index in [0.717, 1.165) is 31.6 Å². The van der Waals surface area contributed by atoms with Gasteiger partial charge in [-0.3, -0.25) is 4.79 Å². The molecule has 0 radical (unpaired) electrons. The summed E-state index contributed by atoms with van der Waals surface area (Å²) in [6.07, 6.45) is 2.40. The summed E-state index contributed by atoms with van der Waals surface area (Å²) in [6.45, 7) is 8.19. The molecule has 0 aliphatic carbocycles. The maximum Gasteiger partial charge on any atom is 0.239 e. The van der Waals surface area contributed by atoms with Crippen LogP contribution in [0.2, 0.25) is 0 Å². The zero-order valence-corrected chi connectivity index (χ0v) is 13.8. The summed E-state index contributed by atoms with van der Waals surface area (Å²) in [6, 6.07) is 9.21. The van der Waals surface area contributed by atoms with Crippen LogP contribution in [-0.4, -0.2) is 25.2 Å². The highest BCUT2D eigenvalue weighted by molar-refractivity contribution is 5.81. The number of primary amides is 1. The molecule has 1 fully saturated rings. The third-order valence-electron chi connectivity index (χ3n) is 4.30. The number of amides is 1. The molecule has 1 aromatic carbocycles. The maximum atomic E-state index is 11.8. The van der Waals surface area contributed by atoms with Crippen molar-refractivity contribution < 1.29 is 9.53 Å². The van der Waals surface area contributed by atoms with E-state index in [2.05, 4.69) is 26.1 Å². The van der Waals surface area contributed by atoms with E-state index < -0.39 is 6.04 Å². The molecule has 1 aliphatic heterocycles. The molecular formula is C18H28N2O2. The van der Waals surface area contributed by atoms with E-state index >= 15 is 0 Å². The van der Waals surface area contributed by atoms with E-state index in [1.54, 1.807) is 0 Å². The van der Waals surface area contributed by atoms with Gasteiger partial charge in [0, 0.05) is 13.2 Å². The minimum Gasteiger partial charge on any atom is -0.377 e. The van der Waals surface area contributed by atoms with Crippen molar-refractivity contribution in [2.75, 3.05) is 13.2 Å². The highest BCUT2D eigenvalue weighted by Crippen LogP contribution is 2.34. The molecule has 0 unspecified atom stereocenters. The standard InChI is InChI=1S/C18H28N2O2/c1-18(2,3)16-14(10-7-11-22-16)12-20-15(17(19)21)13-8-5-4-6-9-13/h4-6,8-9,14-16,20H,7,10-12H2,1-3H3,(H2,19,21)/t14-,15-,16+/m0/s1. The molecule has 0 bridgehead atoms. The Morgan fingerprint density at radius 2 is 2.05 bits per heavy atom. The van der Waals surface area contributed by atoms with Crippen LogP contribution in [0.1, 0.15) is 45.2 Å². The fourth-order valence-corrected chi connectivity index (χ4v) is 3.31. The first-order valence-corrected chi connectivity index (χ1v) is 8.09. The molecule has 4 nitrogen and oxygen atoms in total. The van der Waals surface area contributed by atoms with Gasteiger partial charge >= 0.3 is 0 Å². The molecule has 0 saturated carbocycles. The van der Waals surface area contributed by atoms with E-state index in [4.69, 9.17) is 10.5 Å². The van der Waals surface area contributed by atoms with Gasteiger partial charge in [0.25, 0.3) is 0 Å². The SMILES string of the molecule is CC(C)(C)[C@@H]1OCCC[C@H]1CN[C@H](C(N)=O)c1ccccc1. The van der Waals surface area contributed by atoms with E-state index in [1.165, 1.54) is 0 Å². The van der Waals surface area contributed by atoms with Crippen molar-refractivity contribution in [2.24, 2.45) is 17.1 Å². The van der Waals surface area contributed by atoms with Gasteiger partial charge in [-0.1, -0.05) is 51.1 Å². The summed E-state index contributed by atoms with van der Waals surface area (Å²) in [4.78, 5) is 11.8. The number of ether oxygens (including phenoxy) is 1. The van der Waals surface area contributed by atoms with Gasteiger partial charge < -0.3 is 15.8 Å².